The number of anilines is 2. The van der Waals surface area contributed by atoms with Gasteiger partial charge in [-0.2, -0.15) is 0 Å². The third kappa shape index (κ3) is 3.19. The summed E-state index contributed by atoms with van der Waals surface area (Å²) >= 11 is 0. The van der Waals surface area contributed by atoms with E-state index in [0.29, 0.717) is 17.3 Å². The third-order valence-electron chi connectivity index (χ3n) is 3.68. The molecule has 1 atom stereocenters. The number of nitrogens with two attached hydrogens (primary N) is 1. The van der Waals surface area contributed by atoms with Crippen LogP contribution in [0.5, 0.6) is 0 Å². The van der Waals surface area contributed by atoms with E-state index in [4.69, 9.17) is 5.73 Å². The van der Waals surface area contributed by atoms with Gasteiger partial charge in [0.15, 0.2) is 0 Å². The summed E-state index contributed by atoms with van der Waals surface area (Å²) in [6, 6.07) is 5.87. The molecule has 1 amide bonds. The Bertz CT molecular complexity index is 453. The highest BCUT2D eigenvalue weighted by molar-refractivity contribution is 6.00. The minimum atomic E-state index is 0.0932. The Morgan fingerprint density at radius 2 is 2.11 bits per heavy atom. The predicted molar refractivity (Wildman–Crippen MR) is 79.4 cm³/mol. The van der Waals surface area contributed by atoms with Crippen molar-refractivity contribution in [3.8, 4) is 0 Å². The molecule has 19 heavy (non-hydrogen) atoms. The first-order chi connectivity index (χ1) is 9.11. The first kappa shape index (κ1) is 13.7. The van der Waals surface area contributed by atoms with Gasteiger partial charge in [-0.15, -0.1) is 0 Å². The first-order valence-corrected chi connectivity index (χ1v) is 7.07. The second-order valence-corrected chi connectivity index (χ2v) is 5.26. The Hall–Kier alpha value is -1.71. The van der Waals surface area contributed by atoms with Gasteiger partial charge in [-0.05, 0) is 44.4 Å². The molecule has 3 N–H and O–H groups in total. The number of benzene rings is 1. The zero-order chi connectivity index (χ0) is 13.8. The second-order valence-electron chi connectivity index (χ2n) is 5.26. The van der Waals surface area contributed by atoms with E-state index in [0.717, 1.165) is 38.0 Å². The van der Waals surface area contributed by atoms with Crippen molar-refractivity contribution in [2.45, 2.75) is 39.2 Å². The van der Waals surface area contributed by atoms with Crippen molar-refractivity contribution in [3.63, 3.8) is 0 Å². The van der Waals surface area contributed by atoms with E-state index in [1.165, 1.54) is 0 Å². The molecule has 0 aromatic heterocycles. The summed E-state index contributed by atoms with van der Waals surface area (Å²) in [5.74, 6) is 0.0932. The molecule has 0 saturated carbocycles. The zero-order valence-electron chi connectivity index (χ0n) is 11.8. The fourth-order valence-electron chi connectivity index (χ4n) is 2.32. The van der Waals surface area contributed by atoms with Crippen LogP contribution in [0.1, 0.15) is 43.5 Å². The summed E-state index contributed by atoms with van der Waals surface area (Å²) in [7, 11) is 0. The molecule has 1 aromatic carbocycles. The van der Waals surface area contributed by atoms with Gasteiger partial charge in [-0.1, -0.05) is 6.92 Å². The monoisotopic (exact) mass is 261 g/mol. The van der Waals surface area contributed by atoms with Gasteiger partial charge >= 0.3 is 0 Å². The molecule has 1 aliphatic heterocycles. The summed E-state index contributed by atoms with van der Waals surface area (Å²) < 4.78 is 0. The van der Waals surface area contributed by atoms with Crippen LogP contribution in [0.2, 0.25) is 0 Å². The molecular formula is C15H23N3O. The molecule has 1 aromatic rings. The lowest BCUT2D eigenvalue weighted by molar-refractivity contribution is 0.0794. The van der Waals surface area contributed by atoms with E-state index >= 15 is 0 Å². The molecule has 1 saturated heterocycles. The van der Waals surface area contributed by atoms with Crippen LogP contribution in [0.3, 0.4) is 0 Å². The topological polar surface area (TPSA) is 58.4 Å². The van der Waals surface area contributed by atoms with Crippen LogP contribution < -0.4 is 11.1 Å². The summed E-state index contributed by atoms with van der Waals surface area (Å²) in [6.07, 6.45) is 3.21. The highest BCUT2D eigenvalue weighted by Gasteiger charge is 2.22. The maximum absolute atomic E-state index is 12.5. The van der Waals surface area contributed by atoms with E-state index in [1.54, 1.807) is 6.07 Å². The molecule has 0 spiro atoms. The summed E-state index contributed by atoms with van der Waals surface area (Å²) in [5.41, 5.74) is 8.05. The summed E-state index contributed by atoms with van der Waals surface area (Å²) in [5, 5.41) is 3.39. The van der Waals surface area contributed by atoms with Crippen molar-refractivity contribution < 1.29 is 4.79 Å². The normalized spacial score (nSPS) is 16.4. The first-order valence-electron chi connectivity index (χ1n) is 7.07. The van der Waals surface area contributed by atoms with Gasteiger partial charge in [0.1, 0.15) is 0 Å². The Morgan fingerprint density at radius 3 is 2.74 bits per heavy atom. The van der Waals surface area contributed by atoms with Crippen LogP contribution in [0.25, 0.3) is 0 Å². The van der Waals surface area contributed by atoms with Crippen molar-refractivity contribution in [1.82, 2.24) is 4.90 Å². The third-order valence-corrected chi connectivity index (χ3v) is 3.68. The lowest BCUT2D eigenvalue weighted by atomic mass is 10.1. The van der Waals surface area contributed by atoms with E-state index in [9.17, 15) is 4.79 Å². The average Bonchev–Trinajstić information content (AvgIpc) is 2.93. The van der Waals surface area contributed by atoms with Crippen LogP contribution in [0.4, 0.5) is 11.4 Å². The van der Waals surface area contributed by atoms with Gasteiger partial charge in [-0.3, -0.25) is 4.79 Å². The SMILES string of the molecule is CCC(C)Nc1ccc(N)cc1C(=O)N1CCCC1. The predicted octanol–water partition coefficient (Wildman–Crippen LogP) is 2.72. The largest absolute Gasteiger partial charge is 0.399 e. The highest BCUT2D eigenvalue weighted by atomic mass is 16.2. The molecule has 4 heteroatoms. The fourth-order valence-corrected chi connectivity index (χ4v) is 2.32. The average molecular weight is 261 g/mol. The molecule has 104 valence electrons. The lowest BCUT2D eigenvalue weighted by Gasteiger charge is -2.20. The number of hydrogen-bond acceptors (Lipinski definition) is 3. The van der Waals surface area contributed by atoms with E-state index < -0.39 is 0 Å². The van der Waals surface area contributed by atoms with Gasteiger partial charge in [-0.25, -0.2) is 0 Å². The molecule has 0 bridgehead atoms. The minimum Gasteiger partial charge on any atom is -0.399 e. The number of rotatable bonds is 4. The van der Waals surface area contributed by atoms with E-state index in [-0.39, 0.29) is 5.91 Å². The number of carbonyl (C=O) groups is 1. The molecule has 0 radical (unpaired) electrons. The number of hydrogen-bond donors (Lipinski definition) is 2. The lowest BCUT2D eigenvalue weighted by Crippen LogP contribution is -2.29. The number of nitrogen functional groups attached to an aromatic ring is 1. The maximum atomic E-state index is 12.5. The van der Waals surface area contributed by atoms with Crippen LogP contribution >= 0.6 is 0 Å². The Balaban J connectivity index is 2.25. The number of nitrogens with one attached hydrogen (secondary N) is 1. The van der Waals surface area contributed by atoms with Gasteiger partial charge < -0.3 is 16.0 Å². The van der Waals surface area contributed by atoms with Gasteiger partial charge in [0.2, 0.25) is 0 Å². The number of likely N-dealkylation sites (tertiary alicyclic amines) is 1. The highest BCUT2D eigenvalue weighted by Crippen LogP contribution is 2.23. The van der Waals surface area contributed by atoms with Crippen molar-refractivity contribution in [3.05, 3.63) is 23.8 Å². The van der Waals surface area contributed by atoms with Crippen LogP contribution in [-0.4, -0.2) is 29.9 Å². The molecular weight excluding hydrogens is 238 g/mol. The molecule has 1 unspecified atom stereocenters. The Labute approximate surface area is 115 Å². The zero-order valence-corrected chi connectivity index (χ0v) is 11.8. The molecule has 1 heterocycles. The molecule has 0 aliphatic carbocycles. The maximum Gasteiger partial charge on any atom is 0.256 e. The number of nitrogens with zero attached hydrogens (tertiary/aromatic N) is 1. The Morgan fingerprint density at radius 1 is 1.42 bits per heavy atom. The van der Waals surface area contributed by atoms with Crippen molar-refractivity contribution >= 4 is 17.3 Å². The number of carbonyl (C=O) groups excluding carboxylic acids is 1. The smallest absolute Gasteiger partial charge is 0.256 e. The molecule has 1 fully saturated rings. The molecule has 4 nitrogen and oxygen atoms in total. The quantitative estimate of drug-likeness (QED) is 0.819. The van der Waals surface area contributed by atoms with Crippen LogP contribution in [-0.2, 0) is 0 Å². The summed E-state index contributed by atoms with van der Waals surface area (Å²) in [6.45, 7) is 5.95. The van der Waals surface area contributed by atoms with Gasteiger partial charge in [0.25, 0.3) is 5.91 Å². The standard InChI is InChI=1S/C15H23N3O/c1-3-11(2)17-14-7-6-12(16)10-13(14)15(19)18-8-4-5-9-18/h6-7,10-11,17H,3-5,8-9,16H2,1-2H3. The van der Waals surface area contributed by atoms with Gasteiger partial charge in [0, 0.05) is 30.5 Å². The van der Waals surface area contributed by atoms with Gasteiger partial charge in [0.05, 0.1) is 5.56 Å². The van der Waals surface area contributed by atoms with Crippen LogP contribution in [0, 0.1) is 0 Å². The minimum absolute atomic E-state index is 0.0932. The second kappa shape index (κ2) is 5.95. The molecule has 1 aliphatic rings. The van der Waals surface area contributed by atoms with Crippen molar-refractivity contribution in [1.29, 1.82) is 0 Å². The molecule has 2 rings (SSSR count). The van der Waals surface area contributed by atoms with Crippen molar-refractivity contribution in [2.24, 2.45) is 0 Å². The van der Waals surface area contributed by atoms with Crippen LogP contribution in [0.15, 0.2) is 18.2 Å². The van der Waals surface area contributed by atoms with E-state index in [1.807, 2.05) is 17.0 Å². The van der Waals surface area contributed by atoms with Crippen molar-refractivity contribution in [2.75, 3.05) is 24.1 Å². The van der Waals surface area contributed by atoms with E-state index in [2.05, 4.69) is 19.2 Å². The number of amides is 1. The Kier molecular flexibility index (Phi) is 4.30. The summed E-state index contributed by atoms with van der Waals surface area (Å²) in [4.78, 5) is 14.4. The fraction of sp³-hybridized carbons (Fsp3) is 0.533.